The molecule has 2 atom stereocenters. The molecule has 0 bridgehead atoms. The zero-order chi connectivity index (χ0) is 9.60. The number of hydrogen-bond acceptors (Lipinski definition) is 2. The van der Waals surface area contributed by atoms with Crippen molar-refractivity contribution in [3.05, 3.63) is 21.9 Å². The van der Waals surface area contributed by atoms with E-state index in [2.05, 4.69) is 23.7 Å². The molecule has 1 aliphatic carbocycles. The lowest BCUT2D eigenvalue weighted by atomic mass is 9.67. The SMILES string of the molecule is CC1CCc2ccsc2C12CCNC2. The lowest BCUT2D eigenvalue weighted by Gasteiger charge is -2.39. The quantitative estimate of drug-likeness (QED) is 0.689. The van der Waals surface area contributed by atoms with E-state index in [1.807, 2.05) is 11.3 Å². The number of thiophene rings is 1. The van der Waals surface area contributed by atoms with Crippen LogP contribution >= 0.6 is 11.3 Å². The maximum absolute atomic E-state index is 3.55. The minimum atomic E-state index is 0.502. The fourth-order valence-electron chi connectivity index (χ4n) is 3.17. The zero-order valence-corrected chi connectivity index (χ0v) is 9.49. The number of rotatable bonds is 0. The highest BCUT2D eigenvalue weighted by atomic mass is 32.1. The van der Waals surface area contributed by atoms with Gasteiger partial charge in [-0.1, -0.05) is 6.92 Å². The van der Waals surface area contributed by atoms with Gasteiger partial charge in [0.25, 0.3) is 0 Å². The molecule has 1 fully saturated rings. The molecule has 1 aliphatic heterocycles. The van der Waals surface area contributed by atoms with Crippen LogP contribution in [0.4, 0.5) is 0 Å². The van der Waals surface area contributed by atoms with Gasteiger partial charge in [0.15, 0.2) is 0 Å². The number of fused-ring (bicyclic) bond motifs is 2. The number of aryl methyl sites for hydroxylation is 1. The summed E-state index contributed by atoms with van der Waals surface area (Å²) in [6.45, 7) is 4.86. The molecule has 2 heteroatoms. The third-order valence-corrected chi connectivity index (χ3v) is 5.35. The monoisotopic (exact) mass is 207 g/mol. The Labute approximate surface area is 89.5 Å². The van der Waals surface area contributed by atoms with Gasteiger partial charge in [0.1, 0.15) is 0 Å². The van der Waals surface area contributed by atoms with Crippen molar-refractivity contribution in [3.8, 4) is 0 Å². The summed E-state index contributed by atoms with van der Waals surface area (Å²) in [5, 5.41) is 5.83. The first-order valence-electron chi connectivity index (χ1n) is 5.60. The van der Waals surface area contributed by atoms with Crippen molar-refractivity contribution in [2.24, 2.45) is 5.92 Å². The summed E-state index contributed by atoms with van der Waals surface area (Å²) < 4.78 is 0. The minimum Gasteiger partial charge on any atom is -0.316 e. The van der Waals surface area contributed by atoms with E-state index < -0.39 is 0 Å². The lowest BCUT2D eigenvalue weighted by molar-refractivity contribution is 0.282. The maximum Gasteiger partial charge on any atom is 0.0212 e. The van der Waals surface area contributed by atoms with Crippen molar-refractivity contribution in [3.63, 3.8) is 0 Å². The highest BCUT2D eigenvalue weighted by Crippen LogP contribution is 2.47. The van der Waals surface area contributed by atoms with Crippen LogP contribution < -0.4 is 5.32 Å². The molecule has 76 valence electrons. The van der Waals surface area contributed by atoms with Crippen LogP contribution in [0.25, 0.3) is 0 Å². The van der Waals surface area contributed by atoms with Gasteiger partial charge in [-0.2, -0.15) is 0 Å². The fraction of sp³-hybridized carbons (Fsp3) is 0.667. The lowest BCUT2D eigenvalue weighted by Crippen LogP contribution is -2.38. The van der Waals surface area contributed by atoms with Crippen LogP contribution in [0.1, 0.15) is 30.2 Å². The molecule has 1 N–H and O–H groups in total. The average Bonchev–Trinajstić information content (AvgIpc) is 2.82. The molecular formula is C12H17NS. The molecule has 14 heavy (non-hydrogen) atoms. The Morgan fingerprint density at radius 3 is 3.29 bits per heavy atom. The predicted molar refractivity (Wildman–Crippen MR) is 61.0 cm³/mol. The minimum absolute atomic E-state index is 0.502. The third-order valence-electron chi connectivity index (χ3n) is 4.18. The second-order valence-electron chi connectivity index (χ2n) is 4.80. The van der Waals surface area contributed by atoms with Crippen LogP contribution in [-0.4, -0.2) is 13.1 Å². The first-order chi connectivity index (χ1) is 6.83. The van der Waals surface area contributed by atoms with E-state index >= 15 is 0 Å². The summed E-state index contributed by atoms with van der Waals surface area (Å²) in [6, 6.07) is 2.34. The molecule has 2 unspecified atom stereocenters. The van der Waals surface area contributed by atoms with Crippen molar-refractivity contribution >= 4 is 11.3 Å². The summed E-state index contributed by atoms with van der Waals surface area (Å²) in [5.41, 5.74) is 2.14. The Bertz CT molecular complexity index is 336. The summed E-state index contributed by atoms with van der Waals surface area (Å²) in [5.74, 6) is 0.864. The molecule has 1 aromatic heterocycles. The molecule has 0 amide bonds. The van der Waals surface area contributed by atoms with Gasteiger partial charge >= 0.3 is 0 Å². The van der Waals surface area contributed by atoms with Gasteiger partial charge in [-0.15, -0.1) is 11.3 Å². The number of hydrogen-bond donors (Lipinski definition) is 1. The zero-order valence-electron chi connectivity index (χ0n) is 8.68. The Balaban J connectivity index is 2.11. The Morgan fingerprint density at radius 2 is 2.50 bits per heavy atom. The summed E-state index contributed by atoms with van der Waals surface area (Å²) in [7, 11) is 0. The summed E-state index contributed by atoms with van der Waals surface area (Å²) >= 11 is 1.99. The van der Waals surface area contributed by atoms with E-state index in [1.165, 1.54) is 32.4 Å². The van der Waals surface area contributed by atoms with Gasteiger partial charge in [-0.25, -0.2) is 0 Å². The Kier molecular flexibility index (Phi) is 1.96. The maximum atomic E-state index is 3.55. The second-order valence-corrected chi connectivity index (χ2v) is 5.71. The van der Waals surface area contributed by atoms with Crippen molar-refractivity contribution < 1.29 is 0 Å². The van der Waals surface area contributed by atoms with E-state index in [0.717, 1.165) is 5.92 Å². The van der Waals surface area contributed by atoms with Gasteiger partial charge < -0.3 is 5.32 Å². The average molecular weight is 207 g/mol. The van der Waals surface area contributed by atoms with Gasteiger partial charge in [-0.05, 0) is 48.7 Å². The van der Waals surface area contributed by atoms with E-state index in [9.17, 15) is 0 Å². The normalized spacial score (nSPS) is 36.2. The van der Waals surface area contributed by atoms with E-state index in [-0.39, 0.29) is 0 Å². The van der Waals surface area contributed by atoms with Gasteiger partial charge in [-0.3, -0.25) is 0 Å². The first kappa shape index (κ1) is 8.93. The number of nitrogens with one attached hydrogen (secondary N) is 1. The summed E-state index contributed by atoms with van der Waals surface area (Å²) in [4.78, 5) is 1.70. The highest BCUT2D eigenvalue weighted by molar-refractivity contribution is 7.10. The molecule has 3 rings (SSSR count). The molecule has 2 heterocycles. The smallest absolute Gasteiger partial charge is 0.0212 e. The van der Waals surface area contributed by atoms with Crippen LogP contribution in [0.15, 0.2) is 11.4 Å². The molecule has 1 aromatic rings. The molecular weight excluding hydrogens is 190 g/mol. The predicted octanol–water partition coefficient (Wildman–Crippen LogP) is 2.56. The molecule has 2 aliphatic rings. The molecule has 0 aromatic carbocycles. The van der Waals surface area contributed by atoms with Crippen molar-refractivity contribution in [2.75, 3.05) is 13.1 Å². The van der Waals surface area contributed by atoms with Crippen molar-refractivity contribution in [1.82, 2.24) is 5.32 Å². The molecule has 0 saturated carbocycles. The first-order valence-corrected chi connectivity index (χ1v) is 6.48. The van der Waals surface area contributed by atoms with Crippen LogP contribution in [0.5, 0.6) is 0 Å². The van der Waals surface area contributed by atoms with Gasteiger partial charge in [0.2, 0.25) is 0 Å². The Hall–Kier alpha value is -0.340. The van der Waals surface area contributed by atoms with Crippen LogP contribution in [0, 0.1) is 5.92 Å². The van der Waals surface area contributed by atoms with Crippen LogP contribution in [0.2, 0.25) is 0 Å². The topological polar surface area (TPSA) is 12.0 Å². The highest BCUT2D eigenvalue weighted by Gasteiger charge is 2.44. The molecule has 1 nitrogen and oxygen atoms in total. The van der Waals surface area contributed by atoms with E-state index in [4.69, 9.17) is 0 Å². The van der Waals surface area contributed by atoms with Crippen molar-refractivity contribution in [2.45, 2.75) is 31.6 Å². The molecule has 1 spiro atoms. The fourth-order valence-corrected chi connectivity index (χ4v) is 4.47. The van der Waals surface area contributed by atoms with E-state index in [1.54, 1.807) is 10.4 Å². The van der Waals surface area contributed by atoms with Crippen LogP contribution in [-0.2, 0) is 11.8 Å². The summed E-state index contributed by atoms with van der Waals surface area (Å²) in [6.07, 6.45) is 4.04. The van der Waals surface area contributed by atoms with Crippen LogP contribution in [0.3, 0.4) is 0 Å². The Morgan fingerprint density at radius 1 is 1.57 bits per heavy atom. The third kappa shape index (κ3) is 1.04. The standard InChI is InChI=1S/C12H17NS/c1-9-2-3-10-4-7-14-11(10)12(9)5-6-13-8-12/h4,7,9,13H,2-3,5-6,8H2,1H3. The second kappa shape index (κ2) is 3.07. The molecule has 0 radical (unpaired) electrons. The van der Waals surface area contributed by atoms with E-state index in [0.29, 0.717) is 5.41 Å². The molecule has 1 saturated heterocycles. The van der Waals surface area contributed by atoms with Gasteiger partial charge in [0, 0.05) is 16.8 Å². The largest absolute Gasteiger partial charge is 0.316 e. The van der Waals surface area contributed by atoms with Crippen molar-refractivity contribution in [1.29, 1.82) is 0 Å². The van der Waals surface area contributed by atoms with Gasteiger partial charge in [0.05, 0.1) is 0 Å².